The molecule has 0 saturated carbocycles. The zero-order valence-electron chi connectivity index (χ0n) is 70.3. The minimum Gasteiger partial charge on any atom is -0.236 e. The van der Waals surface area contributed by atoms with Crippen molar-refractivity contribution in [3.63, 3.8) is 0 Å². The molecule has 0 spiro atoms. The first-order valence-corrected chi connectivity index (χ1v) is 41.9. The molecule has 0 bridgehead atoms. The zero-order chi connectivity index (χ0) is 85.0. The number of aromatic nitrogens is 18. The fraction of sp³-hybridized carbons (Fsp3) is 0.0561. The molecule has 10 heterocycles. The molecular formula is C107H87N19+8. The number of para-hydroxylation sites is 12. The summed E-state index contributed by atoms with van der Waals surface area (Å²) in [7, 11) is 12.4. The fourth-order valence-corrected chi connectivity index (χ4v) is 17.7. The van der Waals surface area contributed by atoms with Crippen LogP contribution in [0.25, 0.3) is 167 Å². The van der Waals surface area contributed by atoms with E-state index in [1.54, 1.807) is 0 Å². The van der Waals surface area contributed by atoms with Crippen LogP contribution in [-0.4, -0.2) is 46.5 Å². The van der Waals surface area contributed by atoms with Crippen molar-refractivity contribution in [2.75, 3.05) is 0 Å². The van der Waals surface area contributed by atoms with Crippen molar-refractivity contribution in [2.24, 2.45) is 42.3 Å². The molecule has 24 aromatic rings. The summed E-state index contributed by atoms with van der Waals surface area (Å²) < 4.78 is 34.9. The van der Waals surface area contributed by atoms with Crippen LogP contribution in [0.4, 0.5) is 0 Å². The predicted octanol–water partition coefficient (Wildman–Crippen LogP) is 17.3. The molecule has 126 heavy (non-hydrogen) atoms. The zero-order valence-corrected chi connectivity index (χ0v) is 70.3. The van der Waals surface area contributed by atoms with E-state index >= 15 is 0 Å². The van der Waals surface area contributed by atoms with Crippen LogP contribution in [0, 0.1) is 11.3 Å². The molecule has 19 heteroatoms. The molecule has 19 nitrogen and oxygen atoms in total. The highest BCUT2D eigenvalue weighted by molar-refractivity contribution is 5.95. The standard InChI is InChI=1S/C33H23N5.C28H24N4.C26H22N4.C20H18N6/c34-22-25-19-28(37-23-35(26-11-3-1-4-12-26)30-15-7-9-17-32(30)37)21-29(20-25)38-24-36(27-13-5-2-6-14-27)31-16-8-10-18-33(31)38;1-29-19-31(27-14-8-6-12-25(27)29)23-16-22(21-10-4-3-5-11-21)17-24(18-23)32-20-30(2)26-13-7-9-15-28(26)32;1-27-17-29(24-13-6-5-12-23(24)27)21-10-7-11-22(16-21)30-18-28(2)25-14-19-8-3-4-9-20(19)15-26(25)30;1-23-13-25(17-8-4-10-21-19(17)23)15-6-3-7-16(12-15)26-14-24(2)20-18(26)9-5-11-22-20/h1-21,23-24H;3-20H,1-2H3;3-18H,1-2H3;3-14H,1-2H3/q4*+2. The molecule has 0 radical (unpaired) electrons. The summed E-state index contributed by atoms with van der Waals surface area (Å²) in [5.41, 5.74) is 31.8. The van der Waals surface area contributed by atoms with Crippen molar-refractivity contribution >= 4 is 99.3 Å². The van der Waals surface area contributed by atoms with Gasteiger partial charge in [-0.1, -0.05) is 164 Å². The molecule has 0 saturated heterocycles. The summed E-state index contributed by atoms with van der Waals surface area (Å²) in [6.45, 7) is 0. The van der Waals surface area contributed by atoms with E-state index in [4.69, 9.17) is 0 Å². The molecule has 602 valence electrons. The molecule has 0 amide bonds. The van der Waals surface area contributed by atoms with Crippen LogP contribution < -0.4 is 36.5 Å². The largest absolute Gasteiger partial charge is 0.301 e. The van der Waals surface area contributed by atoms with Gasteiger partial charge in [-0.15, -0.1) is 9.97 Å². The van der Waals surface area contributed by atoms with Crippen molar-refractivity contribution in [3.05, 3.63) is 426 Å². The Hall–Kier alpha value is -17.1. The van der Waals surface area contributed by atoms with Gasteiger partial charge in [-0.05, 0) is 180 Å². The molecule has 0 atom stereocenters. The average Bonchev–Trinajstić information content (AvgIpc) is 1.60. The first kappa shape index (κ1) is 76.3. The van der Waals surface area contributed by atoms with E-state index in [1.165, 1.54) is 66.0 Å². The van der Waals surface area contributed by atoms with E-state index in [-0.39, 0.29) is 0 Å². The summed E-state index contributed by atoms with van der Waals surface area (Å²) in [6, 6.07) is 127. The summed E-state index contributed by atoms with van der Waals surface area (Å²) in [5, 5.41) is 12.5. The van der Waals surface area contributed by atoms with Crippen LogP contribution in [0.5, 0.6) is 0 Å². The van der Waals surface area contributed by atoms with Gasteiger partial charge < -0.3 is 0 Å². The Morgan fingerprint density at radius 3 is 0.944 bits per heavy atom. The van der Waals surface area contributed by atoms with Gasteiger partial charge >= 0.3 is 11.3 Å². The molecule has 0 unspecified atom stereocenters. The molecule has 0 aliphatic carbocycles. The summed E-state index contributed by atoms with van der Waals surface area (Å²) in [6.07, 6.45) is 20.6. The lowest BCUT2D eigenvalue weighted by Crippen LogP contribution is -2.28. The maximum atomic E-state index is 9.99. The molecule has 10 aromatic heterocycles. The first-order chi connectivity index (χ1) is 61.9. The molecule has 0 fully saturated rings. The van der Waals surface area contributed by atoms with Gasteiger partial charge in [0, 0.05) is 36.4 Å². The molecule has 0 N–H and O–H groups in total. The fourth-order valence-electron chi connectivity index (χ4n) is 17.7. The summed E-state index contributed by atoms with van der Waals surface area (Å²) in [4.78, 5) is 8.95. The van der Waals surface area contributed by atoms with E-state index in [1.807, 2.05) is 108 Å². The van der Waals surface area contributed by atoms with Crippen LogP contribution in [0.1, 0.15) is 5.56 Å². The second kappa shape index (κ2) is 32.1. The topological polar surface area (TPSA) is 120 Å². The van der Waals surface area contributed by atoms with Crippen LogP contribution in [0.15, 0.2) is 421 Å². The Morgan fingerprint density at radius 1 is 0.222 bits per heavy atom. The monoisotopic (exact) mass is 1640 g/mol. The number of imidazole rings is 8. The smallest absolute Gasteiger partial charge is 0.236 e. The van der Waals surface area contributed by atoms with Crippen molar-refractivity contribution in [3.8, 4) is 74.1 Å². The molecule has 24 rings (SSSR count). The number of benzene rings is 14. The molecular weight excluding hydrogens is 1550 g/mol. The van der Waals surface area contributed by atoms with E-state index < -0.39 is 0 Å². The molecule has 0 aliphatic rings. The lowest BCUT2D eigenvalue weighted by Gasteiger charge is -2.07. The van der Waals surface area contributed by atoms with Crippen LogP contribution >= 0.6 is 0 Å². The third-order valence-electron chi connectivity index (χ3n) is 23.8. The van der Waals surface area contributed by atoms with Crippen molar-refractivity contribution < 1.29 is 36.5 Å². The first-order valence-electron chi connectivity index (χ1n) is 41.9. The average molecular weight is 1640 g/mol. The number of nitrogens with zero attached hydrogens (tertiary/aromatic N) is 19. The van der Waals surface area contributed by atoms with Gasteiger partial charge in [-0.2, -0.15) is 41.8 Å². The van der Waals surface area contributed by atoms with Crippen molar-refractivity contribution in [1.29, 1.82) is 5.26 Å². The Labute approximate surface area is 726 Å². The lowest BCUT2D eigenvalue weighted by atomic mass is 10.0. The lowest BCUT2D eigenvalue weighted by molar-refractivity contribution is -0.647. The van der Waals surface area contributed by atoms with Gasteiger partial charge in [0.25, 0.3) is 12.7 Å². The second-order valence-corrected chi connectivity index (χ2v) is 31.8. The minimum atomic E-state index is 0.602. The van der Waals surface area contributed by atoms with Gasteiger partial charge in [-0.25, -0.2) is 36.5 Å². The quantitative estimate of drug-likeness (QED) is 0.120. The Morgan fingerprint density at radius 2 is 0.524 bits per heavy atom. The summed E-state index contributed by atoms with van der Waals surface area (Å²) in [5.74, 6) is 0. The molecule has 14 aromatic carbocycles. The maximum absolute atomic E-state index is 9.99. The van der Waals surface area contributed by atoms with Gasteiger partial charge in [-0.3, -0.25) is 0 Å². The Kier molecular flexibility index (Phi) is 19.5. The minimum absolute atomic E-state index is 0.602. The highest BCUT2D eigenvalue weighted by atomic mass is 15.2. The van der Waals surface area contributed by atoms with Crippen LogP contribution in [-0.2, 0) is 42.3 Å². The third kappa shape index (κ3) is 14.0. The number of hydrogen-bond acceptors (Lipinski definition) is 3. The van der Waals surface area contributed by atoms with Gasteiger partial charge in [0.2, 0.25) is 25.3 Å². The number of pyridine rings is 2. The van der Waals surface area contributed by atoms with E-state index in [2.05, 4.69) is 444 Å². The van der Waals surface area contributed by atoms with Crippen molar-refractivity contribution in [2.45, 2.75) is 0 Å². The predicted molar refractivity (Wildman–Crippen MR) is 494 cm³/mol. The maximum Gasteiger partial charge on any atom is 0.301 e. The number of fused-ring (bicyclic) bond motifs is 9. The van der Waals surface area contributed by atoms with Crippen molar-refractivity contribution in [1.82, 2.24) is 46.5 Å². The summed E-state index contributed by atoms with van der Waals surface area (Å²) >= 11 is 0. The van der Waals surface area contributed by atoms with Crippen LogP contribution in [0.3, 0.4) is 0 Å². The Bertz CT molecular complexity index is 8000. The van der Waals surface area contributed by atoms with Gasteiger partial charge in [0.1, 0.15) is 69.3 Å². The third-order valence-corrected chi connectivity index (χ3v) is 23.8. The Balaban J connectivity index is 0.000000103. The van der Waals surface area contributed by atoms with E-state index in [0.717, 1.165) is 101 Å². The van der Waals surface area contributed by atoms with Crippen LogP contribution in [0.2, 0.25) is 0 Å². The van der Waals surface area contributed by atoms with E-state index in [0.29, 0.717) is 5.56 Å². The van der Waals surface area contributed by atoms with Gasteiger partial charge in [0.15, 0.2) is 89.9 Å². The second-order valence-electron chi connectivity index (χ2n) is 31.8. The number of aryl methyl sites for hydroxylation is 6. The number of hydrogen-bond donors (Lipinski definition) is 0. The number of nitriles is 1. The van der Waals surface area contributed by atoms with E-state index in [9.17, 15) is 5.26 Å². The SMILES string of the molecule is C[n+]1cn(-c2cc(-c3ccccc3)cc(-n3c[n+](C)c4ccccc43)c2)c2ccccc21.C[n+]1cn(-c2cccc(-n3c[n+](C)c4cc5ccccc5cc43)c2)c2ccccc21.C[n+]1cn(-c2cccc(-n3c[n+](C)c4ncccc43)c2)c2cccnc21.N#Cc1cc(-n2c[n+](-c3ccccc3)c3ccccc32)cc(-n2c[n+](-c3ccccc3)c3ccccc32)c1. The normalized spacial score (nSPS) is 11.4. The highest BCUT2D eigenvalue weighted by Crippen LogP contribution is 2.33. The number of rotatable bonds is 11. The highest BCUT2D eigenvalue weighted by Gasteiger charge is 2.28. The molecule has 0 aliphatic heterocycles. The van der Waals surface area contributed by atoms with Gasteiger partial charge in [0.05, 0.1) is 53.9 Å².